The molecule has 1 N–H and O–H groups in total. The molecule has 1 aliphatic heterocycles. The van der Waals surface area contributed by atoms with Crippen LogP contribution in [0.2, 0.25) is 0 Å². The van der Waals surface area contributed by atoms with Crippen molar-refractivity contribution in [1.29, 1.82) is 0 Å². The van der Waals surface area contributed by atoms with Crippen LogP contribution in [0.1, 0.15) is 39.0 Å². The molecule has 0 radical (unpaired) electrons. The Bertz CT molecular complexity index is 220. The lowest BCUT2D eigenvalue weighted by Crippen LogP contribution is -2.40. The summed E-state index contributed by atoms with van der Waals surface area (Å²) in [6, 6.07) is 0.824. The fourth-order valence-corrected chi connectivity index (χ4v) is 3.10. The van der Waals surface area contributed by atoms with Gasteiger partial charge in [0.25, 0.3) is 0 Å². The van der Waals surface area contributed by atoms with Gasteiger partial charge in [0.1, 0.15) is 0 Å². The molecule has 3 heteroatoms. The van der Waals surface area contributed by atoms with Crippen LogP contribution in [0.25, 0.3) is 0 Å². The Morgan fingerprint density at radius 3 is 2.81 bits per heavy atom. The zero-order valence-corrected chi connectivity index (χ0v) is 11.4. The summed E-state index contributed by atoms with van der Waals surface area (Å²) in [4.78, 5) is 0. The molecule has 2 atom stereocenters. The highest BCUT2D eigenvalue weighted by molar-refractivity contribution is 7.98. The third-order valence-corrected chi connectivity index (χ3v) is 4.87. The molecule has 0 aromatic carbocycles. The molecule has 2 unspecified atom stereocenters. The highest BCUT2D eigenvalue weighted by Crippen LogP contribution is 2.39. The van der Waals surface area contributed by atoms with Gasteiger partial charge in [0.2, 0.25) is 0 Å². The quantitative estimate of drug-likeness (QED) is 0.695. The molecule has 1 heterocycles. The molecule has 2 rings (SSSR count). The molecule has 0 amide bonds. The molecule has 16 heavy (non-hydrogen) atoms. The Morgan fingerprint density at radius 1 is 1.44 bits per heavy atom. The molecule has 2 nitrogen and oxygen atoms in total. The van der Waals surface area contributed by atoms with E-state index in [9.17, 15) is 0 Å². The maximum absolute atomic E-state index is 5.81. The van der Waals surface area contributed by atoms with Crippen LogP contribution in [0, 0.1) is 5.41 Å². The summed E-state index contributed by atoms with van der Waals surface area (Å²) in [5.74, 6) is 1.29. The lowest BCUT2D eigenvalue weighted by atomic mass is 9.77. The molecule has 2 aliphatic rings. The second kappa shape index (κ2) is 5.74. The van der Waals surface area contributed by atoms with E-state index in [-0.39, 0.29) is 0 Å². The van der Waals surface area contributed by atoms with Gasteiger partial charge in [-0.25, -0.2) is 0 Å². The van der Waals surface area contributed by atoms with E-state index in [1.165, 1.54) is 44.4 Å². The second-order valence-corrected chi connectivity index (χ2v) is 6.36. The van der Waals surface area contributed by atoms with Crippen molar-refractivity contribution in [2.75, 3.05) is 25.2 Å². The Labute approximate surface area is 104 Å². The zero-order chi connectivity index (χ0) is 11.4. The van der Waals surface area contributed by atoms with E-state index in [0.29, 0.717) is 11.5 Å². The lowest BCUT2D eigenvalue weighted by molar-refractivity contribution is 0.0580. The number of hydrogen-bond donors (Lipinski definition) is 1. The molecular weight excluding hydrogens is 218 g/mol. The predicted molar refractivity (Wildman–Crippen MR) is 71.1 cm³/mol. The molecule has 0 spiro atoms. The SMILES string of the molecule is CSCCCC1(CNC2CC2)CCOC1C. The molecule has 2 fully saturated rings. The van der Waals surface area contributed by atoms with E-state index in [2.05, 4.69) is 18.5 Å². The van der Waals surface area contributed by atoms with Crippen molar-refractivity contribution in [2.24, 2.45) is 5.41 Å². The van der Waals surface area contributed by atoms with Gasteiger partial charge < -0.3 is 10.1 Å². The van der Waals surface area contributed by atoms with Crippen LogP contribution >= 0.6 is 11.8 Å². The topological polar surface area (TPSA) is 21.3 Å². The summed E-state index contributed by atoms with van der Waals surface area (Å²) >= 11 is 1.96. The Morgan fingerprint density at radius 2 is 2.25 bits per heavy atom. The summed E-state index contributed by atoms with van der Waals surface area (Å²) in [5.41, 5.74) is 0.429. The van der Waals surface area contributed by atoms with Gasteiger partial charge in [-0.3, -0.25) is 0 Å². The van der Waals surface area contributed by atoms with E-state index in [0.717, 1.165) is 12.6 Å². The van der Waals surface area contributed by atoms with Gasteiger partial charge in [-0.2, -0.15) is 11.8 Å². The van der Waals surface area contributed by atoms with Crippen LogP contribution in [0.15, 0.2) is 0 Å². The van der Waals surface area contributed by atoms with Gasteiger partial charge in [-0.05, 0) is 51.0 Å². The predicted octanol–water partition coefficient (Wildman–Crippen LogP) is 2.68. The second-order valence-electron chi connectivity index (χ2n) is 5.38. The van der Waals surface area contributed by atoms with Crippen LogP contribution in [0.5, 0.6) is 0 Å². The first-order chi connectivity index (χ1) is 7.77. The van der Waals surface area contributed by atoms with E-state index in [1.807, 2.05) is 11.8 Å². The van der Waals surface area contributed by atoms with Crippen molar-refractivity contribution in [2.45, 2.75) is 51.2 Å². The Hall–Kier alpha value is 0.270. The number of nitrogens with one attached hydrogen (secondary N) is 1. The average molecular weight is 243 g/mol. The summed E-state index contributed by atoms with van der Waals surface area (Å²) < 4.78 is 5.81. The van der Waals surface area contributed by atoms with Gasteiger partial charge >= 0.3 is 0 Å². The van der Waals surface area contributed by atoms with E-state index < -0.39 is 0 Å². The minimum atomic E-state index is 0.429. The standard InChI is InChI=1S/C13H25NOS/c1-11-13(7-8-15-11,6-3-9-16-2)10-14-12-4-5-12/h11-12,14H,3-10H2,1-2H3. The van der Waals surface area contributed by atoms with Gasteiger partial charge in [-0.15, -0.1) is 0 Å². The molecule has 0 bridgehead atoms. The van der Waals surface area contributed by atoms with Crippen molar-refractivity contribution >= 4 is 11.8 Å². The smallest absolute Gasteiger partial charge is 0.0616 e. The Balaban J connectivity index is 1.83. The third kappa shape index (κ3) is 3.14. The van der Waals surface area contributed by atoms with Gasteiger partial charge in [0.15, 0.2) is 0 Å². The van der Waals surface area contributed by atoms with Gasteiger partial charge in [0.05, 0.1) is 6.10 Å². The zero-order valence-electron chi connectivity index (χ0n) is 10.6. The van der Waals surface area contributed by atoms with Crippen molar-refractivity contribution in [3.05, 3.63) is 0 Å². The third-order valence-electron chi connectivity index (χ3n) is 4.17. The highest BCUT2D eigenvalue weighted by Gasteiger charge is 2.41. The molecule has 1 saturated carbocycles. The lowest BCUT2D eigenvalue weighted by Gasteiger charge is -2.32. The fraction of sp³-hybridized carbons (Fsp3) is 1.00. The molecule has 1 aliphatic carbocycles. The normalized spacial score (nSPS) is 34.5. The number of thioether (sulfide) groups is 1. The fourth-order valence-electron chi connectivity index (χ4n) is 2.67. The Kier molecular flexibility index (Phi) is 4.57. The summed E-state index contributed by atoms with van der Waals surface area (Å²) in [6.45, 7) is 4.40. The first kappa shape index (κ1) is 12.7. The van der Waals surface area contributed by atoms with Crippen molar-refractivity contribution in [3.8, 4) is 0 Å². The summed E-state index contributed by atoms with van der Waals surface area (Å²) in [7, 11) is 0. The largest absolute Gasteiger partial charge is 0.378 e. The monoisotopic (exact) mass is 243 g/mol. The molecule has 94 valence electrons. The molecular formula is C13H25NOS. The van der Waals surface area contributed by atoms with E-state index in [1.54, 1.807) is 0 Å². The van der Waals surface area contributed by atoms with Crippen LogP contribution in [-0.2, 0) is 4.74 Å². The van der Waals surface area contributed by atoms with Crippen LogP contribution in [0.3, 0.4) is 0 Å². The van der Waals surface area contributed by atoms with Crippen LogP contribution < -0.4 is 5.32 Å². The van der Waals surface area contributed by atoms with Crippen molar-refractivity contribution in [1.82, 2.24) is 5.32 Å². The van der Waals surface area contributed by atoms with Crippen molar-refractivity contribution in [3.63, 3.8) is 0 Å². The van der Waals surface area contributed by atoms with Crippen LogP contribution in [-0.4, -0.2) is 37.3 Å². The maximum atomic E-state index is 5.81. The van der Waals surface area contributed by atoms with Gasteiger partial charge in [-0.1, -0.05) is 0 Å². The summed E-state index contributed by atoms with van der Waals surface area (Å²) in [6.07, 6.45) is 9.33. The maximum Gasteiger partial charge on any atom is 0.0616 e. The highest BCUT2D eigenvalue weighted by atomic mass is 32.2. The molecule has 0 aromatic heterocycles. The minimum absolute atomic E-state index is 0.429. The first-order valence-corrected chi connectivity index (χ1v) is 8.00. The van der Waals surface area contributed by atoms with Crippen molar-refractivity contribution < 1.29 is 4.74 Å². The van der Waals surface area contributed by atoms with E-state index >= 15 is 0 Å². The minimum Gasteiger partial charge on any atom is -0.378 e. The van der Waals surface area contributed by atoms with Gasteiger partial charge in [0, 0.05) is 24.6 Å². The number of ether oxygens (including phenoxy) is 1. The first-order valence-electron chi connectivity index (χ1n) is 6.61. The average Bonchev–Trinajstić information content (AvgIpc) is 3.03. The molecule has 1 saturated heterocycles. The number of hydrogen-bond acceptors (Lipinski definition) is 3. The summed E-state index contributed by atoms with van der Waals surface area (Å²) in [5, 5.41) is 3.71. The van der Waals surface area contributed by atoms with E-state index in [4.69, 9.17) is 4.74 Å². The number of rotatable bonds is 7. The molecule has 0 aromatic rings. The van der Waals surface area contributed by atoms with Crippen LogP contribution in [0.4, 0.5) is 0 Å².